The van der Waals surface area contributed by atoms with E-state index in [9.17, 15) is 4.79 Å². The summed E-state index contributed by atoms with van der Waals surface area (Å²) in [6.45, 7) is 5.98. The number of hydrogen-bond acceptors (Lipinski definition) is 2. The van der Waals surface area contributed by atoms with Gasteiger partial charge in [-0.1, -0.05) is 50.2 Å². The van der Waals surface area contributed by atoms with Gasteiger partial charge in [-0.2, -0.15) is 0 Å². The van der Waals surface area contributed by atoms with Crippen LogP contribution in [-0.2, 0) is 6.42 Å². The molecule has 94 valence electrons. The molecule has 0 aliphatic carbocycles. The number of Topliss-reactive ketones (excluding diaryl/α,β-unsaturated/α-hetero) is 1. The van der Waals surface area contributed by atoms with E-state index in [1.165, 1.54) is 0 Å². The molecule has 2 rings (SSSR count). The second kappa shape index (κ2) is 7.38. The summed E-state index contributed by atoms with van der Waals surface area (Å²) in [5.41, 5.74) is 2.67. The van der Waals surface area contributed by atoms with Crippen molar-refractivity contribution in [1.82, 2.24) is 4.98 Å². The van der Waals surface area contributed by atoms with Gasteiger partial charge in [0.15, 0.2) is 5.78 Å². The molecule has 1 aromatic carbocycles. The Morgan fingerprint density at radius 3 is 2.28 bits per heavy atom. The van der Waals surface area contributed by atoms with Gasteiger partial charge in [0.1, 0.15) is 0 Å². The van der Waals surface area contributed by atoms with Crippen molar-refractivity contribution >= 4 is 5.78 Å². The highest BCUT2D eigenvalue weighted by Gasteiger charge is 2.06. The average molecular weight is 241 g/mol. The molecular weight excluding hydrogens is 222 g/mol. The number of aryl methyl sites for hydroxylation is 1. The van der Waals surface area contributed by atoms with Gasteiger partial charge in [-0.3, -0.25) is 9.78 Å². The Morgan fingerprint density at radius 2 is 1.72 bits per heavy atom. The molecule has 0 spiro atoms. The summed E-state index contributed by atoms with van der Waals surface area (Å²) in [4.78, 5) is 16.1. The van der Waals surface area contributed by atoms with Crippen molar-refractivity contribution in [3.63, 3.8) is 0 Å². The van der Waals surface area contributed by atoms with Gasteiger partial charge < -0.3 is 0 Å². The van der Waals surface area contributed by atoms with E-state index in [4.69, 9.17) is 0 Å². The van der Waals surface area contributed by atoms with Crippen LogP contribution in [0.25, 0.3) is 0 Å². The molecule has 0 aliphatic heterocycles. The number of benzene rings is 1. The summed E-state index contributed by atoms with van der Waals surface area (Å²) in [7, 11) is 0. The second-order valence-electron chi connectivity index (χ2n) is 3.79. The van der Waals surface area contributed by atoms with Crippen LogP contribution < -0.4 is 0 Å². The molecule has 2 heteroatoms. The maximum atomic E-state index is 11.9. The van der Waals surface area contributed by atoms with Crippen LogP contribution in [0.3, 0.4) is 0 Å². The summed E-state index contributed by atoms with van der Waals surface area (Å²) in [5.74, 6) is 0.108. The van der Waals surface area contributed by atoms with Crippen LogP contribution in [0.4, 0.5) is 0 Å². The first-order valence-electron chi connectivity index (χ1n) is 6.25. The maximum absolute atomic E-state index is 11.9. The van der Waals surface area contributed by atoms with Crippen molar-refractivity contribution in [1.29, 1.82) is 0 Å². The molecular formula is C16H19NO. The number of carbonyl (C=O) groups excluding carboxylic acids is 1. The molecule has 0 saturated carbocycles. The Hall–Kier alpha value is -1.96. The van der Waals surface area contributed by atoms with E-state index in [1.807, 2.05) is 63.2 Å². The molecule has 0 saturated heterocycles. The number of hydrogen-bond donors (Lipinski definition) is 0. The predicted octanol–water partition coefficient (Wildman–Crippen LogP) is 3.84. The minimum absolute atomic E-state index is 0.108. The standard InChI is InChI=1S/C14H13NO.C2H6/c1-11-7-8-13(15-10-11)9-14(16)12-5-3-2-4-6-12;1-2/h2-8,10H,9H2,1H3;1-2H3. The largest absolute Gasteiger partial charge is 0.294 e. The van der Waals surface area contributed by atoms with Crippen LogP contribution in [0.5, 0.6) is 0 Å². The third-order valence-corrected chi connectivity index (χ3v) is 2.41. The maximum Gasteiger partial charge on any atom is 0.168 e. The summed E-state index contributed by atoms with van der Waals surface area (Å²) in [6, 6.07) is 13.2. The van der Waals surface area contributed by atoms with Gasteiger partial charge >= 0.3 is 0 Å². The van der Waals surface area contributed by atoms with Gasteiger partial charge in [0, 0.05) is 17.5 Å². The van der Waals surface area contributed by atoms with Gasteiger partial charge in [0.05, 0.1) is 6.42 Å². The van der Waals surface area contributed by atoms with Crippen molar-refractivity contribution in [3.8, 4) is 0 Å². The SMILES string of the molecule is CC.Cc1ccc(CC(=O)c2ccccc2)nc1. The molecule has 18 heavy (non-hydrogen) atoms. The summed E-state index contributed by atoms with van der Waals surface area (Å²) in [5, 5.41) is 0. The molecule has 1 heterocycles. The summed E-state index contributed by atoms with van der Waals surface area (Å²) >= 11 is 0. The Labute approximate surface area is 109 Å². The van der Waals surface area contributed by atoms with E-state index in [2.05, 4.69) is 4.98 Å². The van der Waals surface area contributed by atoms with Gasteiger partial charge in [-0.25, -0.2) is 0 Å². The fourth-order valence-corrected chi connectivity index (χ4v) is 1.49. The fraction of sp³-hybridized carbons (Fsp3) is 0.250. The number of ketones is 1. The topological polar surface area (TPSA) is 30.0 Å². The number of aromatic nitrogens is 1. The lowest BCUT2D eigenvalue weighted by Crippen LogP contribution is -2.04. The summed E-state index contributed by atoms with van der Waals surface area (Å²) < 4.78 is 0. The molecule has 0 atom stereocenters. The van der Waals surface area contributed by atoms with E-state index in [1.54, 1.807) is 6.20 Å². The van der Waals surface area contributed by atoms with E-state index in [0.29, 0.717) is 6.42 Å². The average Bonchev–Trinajstić information content (AvgIpc) is 2.44. The molecule has 0 fully saturated rings. The van der Waals surface area contributed by atoms with Crippen LogP contribution in [0.15, 0.2) is 48.7 Å². The first-order chi connectivity index (χ1) is 8.75. The lowest BCUT2D eigenvalue weighted by atomic mass is 10.1. The highest BCUT2D eigenvalue weighted by atomic mass is 16.1. The lowest BCUT2D eigenvalue weighted by Gasteiger charge is -2.01. The Bertz CT molecular complexity index is 474. The highest BCUT2D eigenvalue weighted by Crippen LogP contribution is 2.06. The molecule has 0 bridgehead atoms. The zero-order chi connectivity index (χ0) is 13.4. The van der Waals surface area contributed by atoms with Crippen LogP contribution in [0.2, 0.25) is 0 Å². The fourth-order valence-electron chi connectivity index (χ4n) is 1.49. The Morgan fingerprint density at radius 1 is 1.06 bits per heavy atom. The number of pyridine rings is 1. The normalized spacial score (nSPS) is 9.28. The van der Waals surface area contributed by atoms with Crippen molar-refractivity contribution in [3.05, 3.63) is 65.5 Å². The molecule has 0 N–H and O–H groups in total. The predicted molar refractivity (Wildman–Crippen MR) is 74.8 cm³/mol. The van der Waals surface area contributed by atoms with E-state index in [-0.39, 0.29) is 5.78 Å². The highest BCUT2D eigenvalue weighted by molar-refractivity contribution is 5.97. The van der Waals surface area contributed by atoms with Crippen LogP contribution in [-0.4, -0.2) is 10.8 Å². The molecule has 0 amide bonds. The van der Waals surface area contributed by atoms with Crippen molar-refractivity contribution < 1.29 is 4.79 Å². The van der Waals surface area contributed by atoms with Gasteiger partial charge in [0.25, 0.3) is 0 Å². The number of carbonyl (C=O) groups is 1. The van der Waals surface area contributed by atoms with E-state index < -0.39 is 0 Å². The first-order valence-corrected chi connectivity index (χ1v) is 6.25. The van der Waals surface area contributed by atoms with Gasteiger partial charge in [0.2, 0.25) is 0 Å². The molecule has 0 aliphatic rings. The first kappa shape index (κ1) is 14.1. The van der Waals surface area contributed by atoms with Crippen molar-refractivity contribution in [2.24, 2.45) is 0 Å². The van der Waals surface area contributed by atoms with Crippen molar-refractivity contribution in [2.45, 2.75) is 27.2 Å². The van der Waals surface area contributed by atoms with Crippen molar-refractivity contribution in [2.75, 3.05) is 0 Å². The Kier molecular flexibility index (Phi) is 5.78. The zero-order valence-electron chi connectivity index (χ0n) is 11.2. The Balaban J connectivity index is 0.000000771. The minimum Gasteiger partial charge on any atom is -0.294 e. The van der Waals surface area contributed by atoms with Crippen LogP contribution >= 0.6 is 0 Å². The third-order valence-electron chi connectivity index (χ3n) is 2.41. The summed E-state index contributed by atoms with van der Waals surface area (Å²) in [6.07, 6.45) is 2.15. The second-order valence-corrected chi connectivity index (χ2v) is 3.79. The lowest BCUT2D eigenvalue weighted by molar-refractivity contribution is 0.0992. The molecule has 0 radical (unpaired) electrons. The monoisotopic (exact) mass is 241 g/mol. The quantitative estimate of drug-likeness (QED) is 0.764. The van der Waals surface area contributed by atoms with Gasteiger partial charge in [-0.05, 0) is 18.6 Å². The smallest absolute Gasteiger partial charge is 0.168 e. The molecule has 1 aromatic heterocycles. The third kappa shape index (κ3) is 4.13. The molecule has 2 aromatic rings. The molecule has 0 unspecified atom stereocenters. The minimum atomic E-state index is 0.108. The van der Waals surface area contributed by atoms with E-state index in [0.717, 1.165) is 16.8 Å². The van der Waals surface area contributed by atoms with Gasteiger partial charge in [-0.15, -0.1) is 0 Å². The number of nitrogens with zero attached hydrogens (tertiary/aromatic N) is 1. The van der Waals surface area contributed by atoms with Crippen LogP contribution in [0.1, 0.15) is 35.5 Å². The van der Waals surface area contributed by atoms with E-state index >= 15 is 0 Å². The molecule has 2 nitrogen and oxygen atoms in total. The van der Waals surface area contributed by atoms with Crippen LogP contribution in [0, 0.1) is 6.92 Å². The zero-order valence-corrected chi connectivity index (χ0v) is 11.2. The number of rotatable bonds is 3.